The van der Waals surface area contributed by atoms with Gasteiger partial charge in [-0.1, -0.05) is 0 Å². The number of rotatable bonds is 0. The first-order chi connectivity index (χ1) is 0. The zero-order valence-electron chi connectivity index (χ0n) is 2.90. The molecule has 0 spiro atoms. The monoisotopic (exact) mass is 245 g/mol. The molecular formula is H6CuFe2O4. The SMILES string of the molecule is O.O.[Cu+2].[Fe].[Fe].[OH-].[OH-]. The molecule has 0 saturated heterocycles. The Kier molecular flexibility index (Phi) is 5200. The molecule has 0 aliphatic heterocycles. The zero-order chi connectivity index (χ0) is 0. The van der Waals surface area contributed by atoms with E-state index >= 15 is 0 Å². The van der Waals surface area contributed by atoms with Crippen molar-refractivity contribution in [3.8, 4) is 0 Å². The standard InChI is InChI=1S/Cu.2Fe.4H2O/h;;;4*1H2/q+2;;;;;;/p-2. The van der Waals surface area contributed by atoms with Crippen molar-refractivity contribution in [2.45, 2.75) is 0 Å². The van der Waals surface area contributed by atoms with Crippen molar-refractivity contribution in [3.63, 3.8) is 0 Å². The molecule has 0 heterocycles. The fourth-order valence-electron chi connectivity index (χ4n) is 0. The first-order valence-corrected chi connectivity index (χ1v) is 0. The molecule has 0 bridgehead atoms. The minimum absolute atomic E-state index is 0. The Bertz CT molecular complexity index is 9.65. The van der Waals surface area contributed by atoms with E-state index in [4.69, 9.17) is 0 Å². The second kappa shape index (κ2) is 155. The van der Waals surface area contributed by atoms with Crippen LogP contribution in [0.25, 0.3) is 0 Å². The van der Waals surface area contributed by atoms with Crippen LogP contribution in [0.4, 0.5) is 0 Å². The molecule has 0 aromatic carbocycles. The van der Waals surface area contributed by atoms with E-state index in [1.165, 1.54) is 0 Å². The van der Waals surface area contributed by atoms with E-state index in [2.05, 4.69) is 0 Å². The molecule has 0 aliphatic carbocycles. The van der Waals surface area contributed by atoms with Gasteiger partial charge >= 0.3 is 17.1 Å². The molecule has 1 radical (unpaired) electrons. The Morgan fingerprint density at radius 2 is 0.571 bits per heavy atom. The summed E-state index contributed by atoms with van der Waals surface area (Å²) in [7, 11) is 0. The number of hydrogen-bond acceptors (Lipinski definition) is 2. The Morgan fingerprint density at radius 3 is 0.571 bits per heavy atom. The first kappa shape index (κ1) is 235. The molecular weight excluding hydrogens is 239 g/mol. The molecule has 7 heavy (non-hydrogen) atoms. The smallest absolute Gasteiger partial charge is 0.870 e. The second-order valence-electron chi connectivity index (χ2n) is 0. The van der Waals surface area contributed by atoms with Crippen LogP contribution in [0.1, 0.15) is 0 Å². The van der Waals surface area contributed by atoms with Gasteiger partial charge in [-0.15, -0.1) is 0 Å². The molecule has 57 valence electrons. The molecule has 0 fully saturated rings. The van der Waals surface area contributed by atoms with Gasteiger partial charge in [0.05, 0.1) is 0 Å². The van der Waals surface area contributed by atoms with E-state index < -0.39 is 0 Å². The molecule has 4 nitrogen and oxygen atoms in total. The molecule has 0 aliphatic rings. The van der Waals surface area contributed by atoms with E-state index in [9.17, 15) is 0 Å². The summed E-state index contributed by atoms with van der Waals surface area (Å²) < 4.78 is 0. The summed E-state index contributed by atoms with van der Waals surface area (Å²) in [4.78, 5) is 0. The van der Waals surface area contributed by atoms with Gasteiger partial charge in [-0.05, 0) is 0 Å². The van der Waals surface area contributed by atoms with Gasteiger partial charge in [-0.3, -0.25) is 0 Å². The van der Waals surface area contributed by atoms with Crippen LogP contribution in [0.15, 0.2) is 0 Å². The summed E-state index contributed by atoms with van der Waals surface area (Å²) in [6.45, 7) is 0. The summed E-state index contributed by atoms with van der Waals surface area (Å²) >= 11 is 0. The van der Waals surface area contributed by atoms with Crippen LogP contribution in [0.5, 0.6) is 0 Å². The molecule has 0 saturated carbocycles. The van der Waals surface area contributed by atoms with Crippen molar-refractivity contribution in [1.29, 1.82) is 0 Å². The summed E-state index contributed by atoms with van der Waals surface area (Å²) in [6.07, 6.45) is 0. The van der Waals surface area contributed by atoms with Gasteiger partial charge < -0.3 is 21.9 Å². The Balaban J connectivity index is 0. The van der Waals surface area contributed by atoms with E-state index in [1.807, 2.05) is 0 Å². The van der Waals surface area contributed by atoms with Gasteiger partial charge in [0.15, 0.2) is 0 Å². The maximum atomic E-state index is 0. The summed E-state index contributed by atoms with van der Waals surface area (Å²) in [5.41, 5.74) is 0. The number of hydrogen-bond donors (Lipinski definition) is 0. The maximum Gasteiger partial charge on any atom is 2.00 e. The molecule has 7 heteroatoms. The van der Waals surface area contributed by atoms with Crippen LogP contribution in [0.3, 0.4) is 0 Å². The predicted octanol–water partition coefficient (Wildman–Crippen LogP) is -2.01. The first-order valence-electron chi connectivity index (χ1n) is 0. The molecule has 0 amide bonds. The maximum absolute atomic E-state index is 0. The van der Waals surface area contributed by atoms with Gasteiger partial charge in [0, 0.05) is 34.1 Å². The Hall–Kier alpha value is 1.40. The fraction of sp³-hybridized carbons (Fsp3) is 0. The van der Waals surface area contributed by atoms with Crippen molar-refractivity contribution < 1.29 is 73.1 Å². The Labute approximate surface area is 73.1 Å². The summed E-state index contributed by atoms with van der Waals surface area (Å²) in [5.74, 6) is 0. The third-order valence-electron chi connectivity index (χ3n) is 0. The van der Waals surface area contributed by atoms with Gasteiger partial charge in [-0.2, -0.15) is 0 Å². The summed E-state index contributed by atoms with van der Waals surface area (Å²) in [6, 6.07) is 0. The topological polar surface area (TPSA) is 123 Å². The molecule has 0 unspecified atom stereocenters. The molecule has 0 atom stereocenters. The molecule has 0 aromatic heterocycles. The fourth-order valence-corrected chi connectivity index (χ4v) is 0. The van der Waals surface area contributed by atoms with E-state index in [0.717, 1.165) is 0 Å². The predicted molar refractivity (Wildman–Crippen MR) is 11.1 cm³/mol. The quantitative estimate of drug-likeness (QED) is 0.457. The van der Waals surface area contributed by atoms with Crippen LogP contribution in [0, 0.1) is 0 Å². The van der Waals surface area contributed by atoms with Crippen molar-refractivity contribution >= 4 is 0 Å². The van der Waals surface area contributed by atoms with Crippen LogP contribution in [0.2, 0.25) is 0 Å². The van der Waals surface area contributed by atoms with Crippen LogP contribution >= 0.6 is 0 Å². The van der Waals surface area contributed by atoms with Crippen molar-refractivity contribution in [2.24, 2.45) is 0 Å². The van der Waals surface area contributed by atoms with Crippen molar-refractivity contribution in [1.82, 2.24) is 0 Å². The van der Waals surface area contributed by atoms with Crippen molar-refractivity contribution in [2.75, 3.05) is 0 Å². The molecule has 6 N–H and O–H groups in total. The average molecular weight is 245 g/mol. The van der Waals surface area contributed by atoms with Gasteiger partial charge in [0.2, 0.25) is 0 Å². The van der Waals surface area contributed by atoms with Gasteiger partial charge in [0.1, 0.15) is 0 Å². The van der Waals surface area contributed by atoms with E-state index in [0.29, 0.717) is 0 Å². The largest absolute Gasteiger partial charge is 2.00 e. The van der Waals surface area contributed by atoms with Crippen molar-refractivity contribution in [3.05, 3.63) is 0 Å². The minimum Gasteiger partial charge on any atom is -0.870 e. The normalized spacial score (nSPS) is 0. The van der Waals surface area contributed by atoms with Crippen LogP contribution < -0.4 is 0 Å². The van der Waals surface area contributed by atoms with E-state index in [-0.39, 0.29) is 73.1 Å². The third kappa shape index (κ3) is 110. The Morgan fingerprint density at radius 1 is 0.571 bits per heavy atom. The minimum atomic E-state index is 0. The molecule has 0 rings (SSSR count). The van der Waals surface area contributed by atoms with Crippen LogP contribution in [-0.4, -0.2) is 21.9 Å². The summed E-state index contributed by atoms with van der Waals surface area (Å²) in [5, 5.41) is 0. The second-order valence-corrected chi connectivity index (χ2v) is 0. The molecule has 0 aromatic rings. The average Bonchev–Trinajstić information content (AvgIpc) is 0. The third-order valence-corrected chi connectivity index (χ3v) is 0. The van der Waals surface area contributed by atoms with E-state index in [1.54, 1.807) is 0 Å². The zero-order valence-corrected chi connectivity index (χ0v) is 6.05. The van der Waals surface area contributed by atoms with Crippen LogP contribution in [-0.2, 0) is 51.2 Å². The van der Waals surface area contributed by atoms with Gasteiger partial charge in [0.25, 0.3) is 0 Å². The van der Waals surface area contributed by atoms with Gasteiger partial charge in [-0.25, -0.2) is 0 Å².